The second kappa shape index (κ2) is 10.1. The second-order valence-electron chi connectivity index (χ2n) is 8.79. The largest absolute Gasteiger partial charge is 0.382 e. The van der Waals surface area contributed by atoms with Gasteiger partial charge >= 0.3 is 0 Å². The van der Waals surface area contributed by atoms with Gasteiger partial charge in [0, 0.05) is 42.0 Å². The first-order valence-electron chi connectivity index (χ1n) is 12.0. The number of imidazole rings is 1. The van der Waals surface area contributed by atoms with E-state index in [9.17, 15) is 9.59 Å². The predicted octanol–water partition coefficient (Wildman–Crippen LogP) is 3.41. The van der Waals surface area contributed by atoms with E-state index >= 15 is 0 Å². The highest BCUT2D eigenvalue weighted by atomic mass is 16.2. The van der Waals surface area contributed by atoms with Gasteiger partial charge in [-0.15, -0.1) is 0 Å². The van der Waals surface area contributed by atoms with Gasteiger partial charge in [0.25, 0.3) is 11.8 Å². The normalized spacial score (nSPS) is 15.2. The van der Waals surface area contributed by atoms with E-state index in [1.807, 2.05) is 29.7 Å². The summed E-state index contributed by atoms with van der Waals surface area (Å²) in [5.41, 5.74) is 9.57. The van der Waals surface area contributed by atoms with Crippen molar-refractivity contribution in [3.05, 3.63) is 66.0 Å². The van der Waals surface area contributed by atoms with E-state index in [2.05, 4.69) is 32.1 Å². The fourth-order valence-corrected chi connectivity index (χ4v) is 4.61. The molecule has 1 atom stereocenters. The molecule has 2 amide bonds. The predicted molar refractivity (Wildman–Crippen MR) is 139 cm³/mol. The standard InChI is InChI=1S/C27H26N8O2/c1-3-6-21(36)34-15-5-4-7-20(34)25-32-22(23-24(28)29-14-16-35(23)25)18-8-10-19(11-9-18)26(37)33-27-30-13-12-17(2)31-27/h8-14,16,20H,4-5,7,15H2,1-2H3,(H2,28,29)(H,30,31,33,37)/t20-/m0/s1. The Balaban J connectivity index is 1.50. The number of likely N-dealkylation sites (tertiary alicyclic amines) is 1. The number of nitrogens with two attached hydrogens (primary N) is 1. The van der Waals surface area contributed by atoms with E-state index in [-0.39, 0.29) is 23.8 Å². The third-order valence-corrected chi connectivity index (χ3v) is 6.34. The zero-order valence-corrected chi connectivity index (χ0v) is 20.6. The zero-order chi connectivity index (χ0) is 25.9. The molecular formula is C27H26N8O2. The summed E-state index contributed by atoms with van der Waals surface area (Å²) >= 11 is 0. The third-order valence-electron chi connectivity index (χ3n) is 6.34. The molecule has 4 aromatic rings. The molecule has 3 aromatic heterocycles. The maximum atomic E-state index is 12.7. The Morgan fingerprint density at radius 3 is 2.65 bits per heavy atom. The van der Waals surface area contributed by atoms with Crippen LogP contribution in [0.15, 0.2) is 48.9 Å². The second-order valence-corrected chi connectivity index (χ2v) is 8.79. The van der Waals surface area contributed by atoms with Crippen molar-refractivity contribution in [1.29, 1.82) is 0 Å². The Morgan fingerprint density at radius 1 is 1.08 bits per heavy atom. The molecule has 10 nitrogen and oxygen atoms in total. The van der Waals surface area contributed by atoms with Crippen LogP contribution in [0.5, 0.6) is 0 Å². The van der Waals surface area contributed by atoms with Crippen LogP contribution >= 0.6 is 0 Å². The van der Waals surface area contributed by atoms with Gasteiger partial charge in [-0.3, -0.25) is 19.3 Å². The van der Waals surface area contributed by atoms with Crippen LogP contribution in [0.1, 0.15) is 54.1 Å². The fourth-order valence-electron chi connectivity index (χ4n) is 4.61. The van der Waals surface area contributed by atoms with E-state index in [1.54, 1.807) is 42.4 Å². The van der Waals surface area contributed by atoms with E-state index < -0.39 is 0 Å². The number of fused-ring (bicyclic) bond motifs is 1. The number of nitrogens with zero attached hydrogens (tertiary/aromatic N) is 6. The lowest BCUT2D eigenvalue weighted by molar-refractivity contribution is -0.129. The number of rotatable bonds is 4. The molecular weight excluding hydrogens is 468 g/mol. The Hall–Kier alpha value is -4.78. The maximum absolute atomic E-state index is 12.7. The van der Waals surface area contributed by atoms with Gasteiger partial charge in [0.1, 0.15) is 22.9 Å². The van der Waals surface area contributed by atoms with Crippen molar-refractivity contribution in [3.63, 3.8) is 0 Å². The van der Waals surface area contributed by atoms with Crippen molar-refractivity contribution in [1.82, 2.24) is 29.2 Å². The molecule has 0 bridgehead atoms. The first-order chi connectivity index (χ1) is 18.0. The molecule has 10 heteroatoms. The molecule has 3 N–H and O–H groups in total. The first kappa shape index (κ1) is 23.9. The SMILES string of the molecule is CC#CC(=O)N1CCCC[C@H]1c1nc(-c2ccc(C(=O)Nc3nccc(C)n3)cc2)c2c(N)nccn12. The quantitative estimate of drug-likeness (QED) is 0.416. The van der Waals surface area contributed by atoms with Crippen LogP contribution in [-0.2, 0) is 4.79 Å². The Morgan fingerprint density at radius 2 is 1.89 bits per heavy atom. The van der Waals surface area contributed by atoms with Crippen LogP contribution in [0.3, 0.4) is 0 Å². The van der Waals surface area contributed by atoms with Crippen molar-refractivity contribution >= 4 is 29.1 Å². The minimum Gasteiger partial charge on any atom is -0.382 e. The fraction of sp³-hybridized carbons (Fsp3) is 0.259. The average Bonchev–Trinajstić information content (AvgIpc) is 3.30. The van der Waals surface area contributed by atoms with Crippen LogP contribution in [0, 0.1) is 18.8 Å². The molecule has 1 aliphatic rings. The van der Waals surface area contributed by atoms with Crippen molar-refractivity contribution in [2.24, 2.45) is 0 Å². The number of anilines is 2. The third kappa shape index (κ3) is 4.71. The summed E-state index contributed by atoms with van der Waals surface area (Å²) in [5.74, 6) is 6.14. The van der Waals surface area contributed by atoms with Gasteiger partial charge in [-0.05, 0) is 57.2 Å². The lowest BCUT2D eigenvalue weighted by atomic mass is 10.0. The van der Waals surface area contributed by atoms with Gasteiger partial charge in [0.2, 0.25) is 5.95 Å². The van der Waals surface area contributed by atoms with Crippen LogP contribution in [0.4, 0.5) is 11.8 Å². The van der Waals surface area contributed by atoms with Gasteiger partial charge in [-0.1, -0.05) is 18.1 Å². The summed E-state index contributed by atoms with van der Waals surface area (Å²) in [7, 11) is 0. The number of hydrogen-bond donors (Lipinski definition) is 2. The molecule has 37 heavy (non-hydrogen) atoms. The Bertz CT molecular complexity index is 1550. The number of aromatic nitrogens is 5. The molecule has 0 unspecified atom stereocenters. The molecule has 0 aliphatic carbocycles. The van der Waals surface area contributed by atoms with Gasteiger partial charge in [-0.25, -0.2) is 19.9 Å². The number of hydrogen-bond acceptors (Lipinski definition) is 7. The van der Waals surface area contributed by atoms with Gasteiger partial charge in [0.15, 0.2) is 0 Å². The van der Waals surface area contributed by atoms with Crippen LogP contribution in [-0.4, -0.2) is 47.6 Å². The van der Waals surface area contributed by atoms with Crippen molar-refractivity contribution in [2.45, 2.75) is 39.2 Å². The summed E-state index contributed by atoms with van der Waals surface area (Å²) < 4.78 is 1.91. The highest BCUT2D eigenvalue weighted by Crippen LogP contribution is 2.35. The molecule has 1 aliphatic heterocycles. The van der Waals surface area contributed by atoms with Crippen molar-refractivity contribution < 1.29 is 9.59 Å². The Labute approximate surface area is 214 Å². The van der Waals surface area contributed by atoms with E-state index in [0.29, 0.717) is 35.0 Å². The van der Waals surface area contributed by atoms with Gasteiger partial charge in [0.05, 0.1) is 6.04 Å². The number of carbonyl (C=O) groups excluding carboxylic acids is 2. The van der Waals surface area contributed by atoms with Crippen molar-refractivity contribution in [3.8, 4) is 23.1 Å². The van der Waals surface area contributed by atoms with Crippen LogP contribution in [0.25, 0.3) is 16.8 Å². The average molecular weight is 495 g/mol. The lowest BCUT2D eigenvalue weighted by Gasteiger charge is -2.33. The Kier molecular flexibility index (Phi) is 6.51. The van der Waals surface area contributed by atoms with Crippen LogP contribution in [0.2, 0.25) is 0 Å². The number of benzene rings is 1. The smallest absolute Gasteiger partial charge is 0.299 e. The van der Waals surface area contributed by atoms with Crippen molar-refractivity contribution in [2.75, 3.05) is 17.6 Å². The monoisotopic (exact) mass is 494 g/mol. The number of nitrogen functional groups attached to an aromatic ring is 1. The van der Waals surface area contributed by atoms with Gasteiger partial charge < -0.3 is 10.6 Å². The first-order valence-corrected chi connectivity index (χ1v) is 12.0. The highest BCUT2D eigenvalue weighted by Gasteiger charge is 2.32. The lowest BCUT2D eigenvalue weighted by Crippen LogP contribution is -2.38. The highest BCUT2D eigenvalue weighted by molar-refractivity contribution is 6.03. The molecule has 1 aromatic carbocycles. The summed E-state index contributed by atoms with van der Waals surface area (Å²) in [6, 6.07) is 8.59. The summed E-state index contributed by atoms with van der Waals surface area (Å²) in [5, 5.41) is 2.71. The maximum Gasteiger partial charge on any atom is 0.299 e. The molecule has 5 rings (SSSR count). The number of piperidine rings is 1. The zero-order valence-electron chi connectivity index (χ0n) is 20.6. The van der Waals surface area contributed by atoms with E-state index in [1.165, 1.54) is 0 Å². The molecule has 4 heterocycles. The molecule has 1 fully saturated rings. The van der Waals surface area contributed by atoms with E-state index in [4.69, 9.17) is 10.7 Å². The number of aryl methyl sites for hydroxylation is 1. The van der Waals surface area contributed by atoms with E-state index in [0.717, 1.165) is 30.5 Å². The minimum atomic E-state index is -0.317. The molecule has 186 valence electrons. The van der Waals surface area contributed by atoms with Crippen LogP contribution < -0.4 is 11.1 Å². The minimum absolute atomic E-state index is 0.208. The number of carbonyl (C=O) groups is 2. The molecule has 1 saturated heterocycles. The summed E-state index contributed by atoms with van der Waals surface area (Å²) in [4.78, 5) is 44.8. The summed E-state index contributed by atoms with van der Waals surface area (Å²) in [6.07, 6.45) is 7.70. The van der Waals surface area contributed by atoms with Gasteiger partial charge in [-0.2, -0.15) is 0 Å². The molecule has 0 spiro atoms. The topological polar surface area (TPSA) is 131 Å². The molecule has 0 saturated carbocycles. The molecule has 0 radical (unpaired) electrons. The number of nitrogens with one attached hydrogen (secondary N) is 1. The summed E-state index contributed by atoms with van der Waals surface area (Å²) in [6.45, 7) is 4.11. The number of amides is 2.